The number of hydrogen-bond donors (Lipinski definition) is 2. The lowest BCUT2D eigenvalue weighted by molar-refractivity contribution is 0.102. The molecule has 2 N–H and O–H groups in total. The van der Waals surface area contributed by atoms with E-state index in [0.717, 1.165) is 12.1 Å². The highest BCUT2D eigenvalue weighted by atomic mass is 19.1. The number of nitrogens with zero attached hydrogens (tertiary/aromatic N) is 2. The van der Waals surface area contributed by atoms with Gasteiger partial charge in [-0.15, -0.1) is 6.58 Å². The van der Waals surface area contributed by atoms with E-state index in [1.165, 1.54) is 12.4 Å². The van der Waals surface area contributed by atoms with Crippen LogP contribution in [0.5, 0.6) is 0 Å². The van der Waals surface area contributed by atoms with Gasteiger partial charge in [-0.25, -0.2) is 18.7 Å². The van der Waals surface area contributed by atoms with Gasteiger partial charge in [0.2, 0.25) is 0 Å². The van der Waals surface area contributed by atoms with Crippen LogP contribution in [0.2, 0.25) is 0 Å². The number of hydrogen-bond acceptors (Lipinski definition) is 4. The second-order valence-corrected chi connectivity index (χ2v) is 4.04. The number of rotatable bonds is 5. The van der Waals surface area contributed by atoms with Gasteiger partial charge >= 0.3 is 0 Å². The quantitative estimate of drug-likeness (QED) is 0.831. The summed E-state index contributed by atoms with van der Waals surface area (Å²) in [5.74, 6) is -1.76. The fraction of sp³-hybridized carbons (Fsp3) is 0.0714. The highest BCUT2D eigenvalue weighted by Crippen LogP contribution is 2.16. The third-order valence-corrected chi connectivity index (χ3v) is 2.51. The zero-order valence-electron chi connectivity index (χ0n) is 10.9. The number of aromatic nitrogens is 2. The standard InChI is InChI=1S/C14H12F2N4O/c1-2-5-17-13-7-12(18-8-19-13)14(21)20-11-4-3-9(15)6-10(11)16/h2-4,6-8H,1,5H2,(H,20,21)(H,17,18,19). The Kier molecular flexibility index (Phi) is 4.55. The minimum absolute atomic E-state index is 0.0558. The third-order valence-electron chi connectivity index (χ3n) is 2.51. The molecule has 0 atom stereocenters. The summed E-state index contributed by atoms with van der Waals surface area (Å²) in [6, 6.07) is 4.29. The fourth-order valence-electron chi connectivity index (χ4n) is 1.53. The van der Waals surface area contributed by atoms with Gasteiger partial charge in [0.05, 0.1) is 5.69 Å². The minimum Gasteiger partial charge on any atom is -0.366 e. The van der Waals surface area contributed by atoms with Gasteiger partial charge in [-0.3, -0.25) is 4.79 Å². The first-order valence-corrected chi connectivity index (χ1v) is 6.03. The molecule has 1 amide bonds. The van der Waals surface area contributed by atoms with Crippen LogP contribution in [0.25, 0.3) is 0 Å². The van der Waals surface area contributed by atoms with Gasteiger partial charge in [-0.1, -0.05) is 6.08 Å². The molecule has 0 aliphatic carbocycles. The van der Waals surface area contributed by atoms with Crippen LogP contribution in [0.1, 0.15) is 10.5 Å². The maximum absolute atomic E-state index is 13.5. The van der Waals surface area contributed by atoms with Gasteiger partial charge in [-0.2, -0.15) is 0 Å². The molecule has 5 nitrogen and oxygen atoms in total. The Morgan fingerprint density at radius 1 is 1.29 bits per heavy atom. The summed E-state index contributed by atoms with van der Waals surface area (Å²) in [4.78, 5) is 19.7. The normalized spacial score (nSPS) is 10.0. The summed E-state index contributed by atoms with van der Waals surface area (Å²) in [6.07, 6.45) is 2.84. The van der Waals surface area contributed by atoms with Crippen molar-refractivity contribution < 1.29 is 13.6 Å². The van der Waals surface area contributed by atoms with E-state index in [1.54, 1.807) is 6.08 Å². The highest BCUT2D eigenvalue weighted by Gasteiger charge is 2.12. The van der Waals surface area contributed by atoms with E-state index in [9.17, 15) is 13.6 Å². The van der Waals surface area contributed by atoms with E-state index in [0.29, 0.717) is 18.4 Å². The lowest BCUT2D eigenvalue weighted by Gasteiger charge is -2.07. The van der Waals surface area contributed by atoms with Crippen molar-refractivity contribution in [2.75, 3.05) is 17.2 Å². The summed E-state index contributed by atoms with van der Waals surface area (Å²) in [5.41, 5.74) is -0.0686. The monoisotopic (exact) mass is 290 g/mol. The van der Waals surface area contributed by atoms with Crippen molar-refractivity contribution in [2.45, 2.75) is 0 Å². The minimum atomic E-state index is -0.859. The molecule has 0 fully saturated rings. The predicted octanol–water partition coefficient (Wildman–Crippen LogP) is 2.61. The first kappa shape index (κ1) is 14.6. The number of nitrogens with one attached hydrogen (secondary N) is 2. The van der Waals surface area contributed by atoms with Crippen LogP contribution in [0.4, 0.5) is 20.3 Å². The Bertz CT molecular complexity index is 676. The molecule has 0 spiro atoms. The van der Waals surface area contributed by atoms with Crippen LogP contribution in [-0.4, -0.2) is 22.4 Å². The van der Waals surface area contributed by atoms with Crippen molar-refractivity contribution in [1.82, 2.24) is 9.97 Å². The van der Waals surface area contributed by atoms with Gasteiger partial charge in [-0.05, 0) is 12.1 Å². The van der Waals surface area contributed by atoms with Crippen molar-refractivity contribution in [1.29, 1.82) is 0 Å². The number of carbonyl (C=O) groups excluding carboxylic acids is 1. The Labute approximate surface area is 119 Å². The number of anilines is 2. The number of benzene rings is 1. The van der Waals surface area contributed by atoms with E-state index < -0.39 is 17.5 Å². The summed E-state index contributed by atoms with van der Waals surface area (Å²) < 4.78 is 26.3. The first-order chi connectivity index (χ1) is 10.1. The molecule has 0 aliphatic rings. The molecule has 108 valence electrons. The maximum atomic E-state index is 13.5. The molecule has 0 aliphatic heterocycles. The van der Waals surface area contributed by atoms with E-state index in [2.05, 4.69) is 27.2 Å². The van der Waals surface area contributed by atoms with Gasteiger partial charge in [0.1, 0.15) is 29.5 Å². The molecule has 0 saturated carbocycles. The van der Waals surface area contributed by atoms with E-state index in [1.807, 2.05) is 0 Å². The Morgan fingerprint density at radius 3 is 2.81 bits per heavy atom. The topological polar surface area (TPSA) is 66.9 Å². The van der Waals surface area contributed by atoms with Crippen LogP contribution >= 0.6 is 0 Å². The van der Waals surface area contributed by atoms with E-state index in [-0.39, 0.29) is 11.4 Å². The molecule has 7 heteroatoms. The largest absolute Gasteiger partial charge is 0.366 e. The molecule has 1 heterocycles. The molecule has 0 radical (unpaired) electrons. The van der Waals surface area contributed by atoms with Gasteiger partial charge in [0.15, 0.2) is 0 Å². The van der Waals surface area contributed by atoms with Crippen LogP contribution in [0, 0.1) is 11.6 Å². The molecule has 0 bridgehead atoms. The zero-order valence-corrected chi connectivity index (χ0v) is 10.9. The summed E-state index contributed by atoms with van der Waals surface area (Å²) in [6.45, 7) is 4.03. The highest BCUT2D eigenvalue weighted by molar-refractivity contribution is 6.03. The Balaban J connectivity index is 2.14. The molecule has 0 unspecified atom stereocenters. The van der Waals surface area contributed by atoms with Crippen LogP contribution in [0.15, 0.2) is 43.2 Å². The molecule has 1 aromatic heterocycles. The average molecular weight is 290 g/mol. The molecule has 2 aromatic rings. The Morgan fingerprint density at radius 2 is 2.10 bits per heavy atom. The van der Waals surface area contributed by atoms with Crippen LogP contribution < -0.4 is 10.6 Å². The smallest absolute Gasteiger partial charge is 0.274 e. The summed E-state index contributed by atoms with van der Waals surface area (Å²) >= 11 is 0. The SMILES string of the molecule is C=CCNc1cc(C(=O)Nc2ccc(F)cc2F)ncn1. The molecule has 21 heavy (non-hydrogen) atoms. The third kappa shape index (κ3) is 3.82. The summed E-state index contributed by atoms with van der Waals surface area (Å²) in [5, 5.41) is 5.22. The number of amides is 1. The number of halogens is 2. The van der Waals surface area contributed by atoms with Crippen molar-refractivity contribution in [3.8, 4) is 0 Å². The van der Waals surface area contributed by atoms with E-state index >= 15 is 0 Å². The lowest BCUT2D eigenvalue weighted by atomic mass is 10.2. The van der Waals surface area contributed by atoms with Crippen molar-refractivity contribution in [3.63, 3.8) is 0 Å². The van der Waals surface area contributed by atoms with Gasteiger partial charge in [0.25, 0.3) is 5.91 Å². The Hall–Kier alpha value is -2.83. The van der Waals surface area contributed by atoms with Crippen LogP contribution in [-0.2, 0) is 0 Å². The van der Waals surface area contributed by atoms with E-state index in [4.69, 9.17) is 0 Å². The first-order valence-electron chi connectivity index (χ1n) is 6.03. The second kappa shape index (κ2) is 6.56. The van der Waals surface area contributed by atoms with Crippen molar-refractivity contribution >= 4 is 17.4 Å². The zero-order chi connectivity index (χ0) is 15.2. The molecule has 0 saturated heterocycles. The van der Waals surface area contributed by atoms with Gasteiger partial charge < -0.3 is 10.6 Å². The molecular weight excluding hydrogens is 278 g/mol. The second-order valence-electron chi connectivity index (χ2n) is 4.04. The molecule has 2 rings (SSSR count). The predicted molar refractivity (Wildman–Crippen MR) is 75.0 cm³/mol. The van der Waals surface area contributed by atoms with Gasteiger partial charge in [0, 0.05) is 18.7 Å². The maximum Gasteiger partial charge on any atom is 0.274 e. The summed E-state index contributed by atoms with van der Waals surface area (Å²) in [7, 11) is 0. The fourth-order valence-corrected chi connectivity index (χ4v) is 1.53. The van der Waals surface area contributed by atoms with Crippen molar-refractivity contribution in [2.24, 2.45) is 0 Å². The molecular formula is C14H12F2N4O. The molecule has 1 aromatic carbocycles. The van der Waals surface area contributed by atoms with Crippen molar-refractivity contribution in [3.05, 3.63) is 60.6 Å². The van der Waals surface area contributed by atoms with Crippen LogP contribution in [0.3, 0.4) is 0 Å². The lowest BCUT2D eigenvalue weighted by Crippen LogP contribution is -2.15. The number of carbonyl (C=O) groups is 1. The average Bonchev–Trinajstić information content (AvgIpc) is 2.48.